The van der Waals surface area contributed by atoms with Gasteiger partial charge in [0.25, 0.3) is 0 Å². The third-order valence-corrected chi connectivity index (χ3v) is 1.61. The van der Waals surface area contributed by atoms with Crippen LogP contribution in [0.5, 0.6) is 0 Å². The largest absolute Gasteiger partial charge is 0.315 e. The van der Waals surface area contributed by atoms with E-state index in [-0.39, 0.29) is 0 Å². The highest BCUT2D eigenvalue weighted by Crippen LogP contribution is 2.03. The molecule has 1 fully saturated rings. The average molecular weight is 142 g/mol. The molecule has 0 saturated carbocycles. The number of isothiocyanates is 1. The van der Waals surface area contributed by atoms with Gasteiger partial charge in [-0.05, 0) is 31.6 Å². The summed E-state index contributed by atoms with van der Waals surface area (Å²) in [6.07, 6.45) is 2.38. The Morgan fingerprint density at radius 2 is 2.56 bits per heavy atom. The molecule has 1 atom stereocenters. The lowest BCUT2D eigenvalue weighted by Gasteiger charge is -2.17. The molecule has 0 aromatic carbocycles. The van der Waals surface area contributed by atoms with E-state index in [0.29, 0.717) is 6.04 Å². The smallest absolute Gasteiger partial charge is 0.0727 e. The fraction of sp³-hybridized carbons (Fsp3) is 0.833. The van der Waals surface area contributed by atoms with Crippen molar-refractivity contribution in [3.05, 3.63) is 0 Å². The zero-order valence-corrected chi connectivity index (χ0v) is 6.08. The van der Waals surface area contributed by atoms with Gasteiger partial charge in [-0.25, -0.2) is 4.99 Å². The van der Waals surface area contributed by atoms with Gasteiger partial charge in [-0.15, -0.1) is 0 Å². The van der Waals surface area contributed by atoms with E-state index in [4.69, 9.17) is 0 Å². The molecule has 0 bridgehead atoms. The molecule has 1 saturated heterocycles. The van der Waals surface area contributed by atoms with E-state index in [2.05, 4.69) is 27.7 Å². The number of aliphatic imine (C=N–C) groups is 1. The topological polar surface area (TPSA) is 24.4 Å². The first-order chi connectivity index (χ1) is 4.43. The van der Waals surface area contributed by atoms with Crippen molar-refractivity contribution in [3.8, 4) is 0 Å². The molecule has 50 valence electrons. The molecule has 0 spiro atoms. The minimum absolute atomic E-state index is 0.399. The van der Waals surface area contributed by atoms with E-state index in [1.54, 1.807) is 0 Å². The van der Waals surface area contributed by atoms with Crippen LogP contribution in [-0.4, -0.2) is 24.3 Å². The molecule has 0 aromatic rings. The van der Waals surface area contributed by atoms with Crippen LogP contribution in [0.25, 0.3) is 0 Å². The van der Waals surface area contributed by atoms with Crippen LogP contribution in [0, 0.1) is 0 Å². The predicted octanol–water partition coefficient (Wildman–Crippen LogP) is 0.841. The maximum Gasteiger partial charge on any atom is 0.0727 e. The van der Waals surface area contributed by atoms with Gasteiger partial charge in [0, 0.05) is 6.54 Å². The molecular weight excluding hydrogens is 132 g/mol. The van der Waals surface area contributed by atoms with E-state index < -0.39 is 0 Å². The van der Waals surface area contributed by atoms with Crippen LogP contribution in [0.3, 0.4) is 0 Å². The van der Waals surface area contributed by atoms with Gasteiger partial charge < -0.3 is 5.32 Å². The van der Waals surface area contributed by atoms with E-state index in [9.17, 15) is 0 Å². The molecular formula is C6H10N2S. The van der Waals surface area contributed by atoms with Crippen LogP contribution in [0.2, 0.25) is 0 Å². The summed E-state index contributed by atoms with van der Waals surface area (Å²) in [5.41, 5.74) is 0. The van der Waals surface area contributed by atoms with Crippen molar-refractivity contribution in [1.82, 2.24) is 5.32 Å². The third-order valence-electron chi connectivity index (χ3n) is 1.51. The monoisotopic (exact) mass is 142 g/mol. The molecule has 2 nitrogen and oxygen atoms in total. The van der Waals surface area contributed by atoms with E-state index >= 15 is 0 Å². The fourth-order valence-electron chi connectivity index (χ4n) is 1.02. The van der Waals surface area contributed by atoms with Crippen molar-refractivity contribution < 1.29 is 0 Å². The second-order valence-corrected chi connectivity index (χ2v) is 2.40. The minimum atomic E-state index is 0.399. The van der Waals surface area contributed by atoms with Crippen LogP contribution in [0.15, 0.2) is 4.99 Å². The second kappa shape index (κ2) is 3.72. The summed E-state index contributed by atoms with van der Waals surface area (Å²) in [6.45, 7) is 2.10. The lowest BCUT2D eigenvalue weighted by atomic mass is 10.1. The fourth-order valence-corrected chi connectivity index (χ4v) is 1.17. The number of rotatable bonds is 1. The minimum Gasteiger partial charge on any atom is -0.315 e. The third kappa shape index (κ3) is 2.22. The lowest BCUT2D eigenvalue weighted by Crippen LogP contribution is -2.32. The normalized spacial score (nSPS) is 26.9. The number of thiocarbonyl (C=S) groups is 1. The van der Waals surface area contributed by atoms with Gasteiger partial charge >= 0.3 is 0 Å². The standard InChI is InChI=1S/C6H10N2S/c9-5-8-6-2-1-3-7-4-6/h6-7H,1-4H2. The van der Waals surface area contributed by atoms with Gasteiger partial charge in [-0.2, -0.15) is 0 Å². The summed E-state index contributed by atoms with van der Waals surface area (Å²) in [6, 6.07) is 0.399. The summed E-state index contributed by atoms with van der Waals surface area (Å²) in [4.78, 5) is 3.99. The average Bonchev–Trinajstić information content (AvgIpc) is 1.91. The van der Waals surface area contributed by atoms with Crippen molar-refractivity contribution in [1.29, 1.82) is 0 Å². The maximum absolute atomic E-state index is 4.49. The SMILES string of the molecule is S=C=NC1CCCNC1. The Kier molecular flexibility index (Phi) is 2.84. The maximum atomic E-state index is 4.49. The number of hydrogen-bond donors (Lipinski definition) is 1. The Hall–Kier alpha value is -0.240. The first-order valence-corrected chi connectivity index (χ1v) is 3.62. The van der Waals surface area contributed by atoms with Crippen molar-refractivity contribution in [2.45, 2.75) is 18.9 Å². The number of piperidine rings is 1. The summed E-state index contributed by atoms with van der Waals surface area (Å²) in [7, 11) is 0. The Labute approximate surface area is 60.4 Å². The van der Waals surface area contributed by atoms with Crippen LogP contribution in [0.1, 0.15) is 12.8 Å². The predicted molar refractivity (Wildman–Crippen MR) is 40.9 cm³/mol. The summed E-state index contributed by atoms with van der Waals surface area (Å²) < 4.78 is 0. The molecule has 1 aliphatic rings. The van der Waals surface area contributed by atoms with Gasteiger partial charge in [-0.1, -0.05) is 0 Å². The Bertz CT molecular complexity index is 123. The molecule has 9 heavy (non-hydrogen) atoms. The highest BCUT2D eigenvalue weighted by Gasteiger charge is 2.09. The molecule has 1 unspecified atom stereocenters. The molecule has 3 heteroatoms. The molecule has 0 aliphatic carbocycles. The van der Waals surface area contributed by atoms with Crippen molar-refractivity contribution in [2.24, 2.45) is 4.99 Å². The van der Waals surface area contributed by atoms with Crippen LogP contribution in [0.4, 0.5) is 0 Å². The van der Waals surface area contributed by atoms with Gasteiger partial charge in [0.1, 0.15) is 0 Å². The van der Waals surface area contributed by atoms with Crippen LogP contribution < -0.4 is 5.32 Å². The Morgan fingerprint density at radius 1 is 1.67 bits per heavy atom. The molecule has 1 heterocycles. The molecule has 0 radical (unpaired) electrons. The molecule has 0 aromatic heterocycles. The summed E-state index contributed by atoms with van der Waals surface area (Å²) in [5, 5.41) is 5.65. The quantitative estimate of drug-likeness (QED) is 0.433. The molecule has 1 rings (SSSR count). The molecule has 0 amide bonds. The first kappa shape index (κ1) is 6.87. The summed E-state index contributed by atoms with van der Waals surface area (Å²) >= 11 is 4.49. The highest BCUT2D eigenvalue weighted by atomic mass is 32.1. The zero-order chi connectivity index (χ0) is 6.53. The van der Waals surface area contributed by atoms with Crippen molar-refractivity contribution >= 4 is 17.4 Å². The van der Waals surface area contributed by atoms with Crippen LogP contribution >= 0.6 is 12.2 Å². The van der Waals surface area contributed by atoms with Gasteiger partial charge in [0.15, 0.2) is 0 Å². The molecule has 1 aliphatic heterocycles. The number of nitrogens with one attached hydrogen (secondary N) is 1. The highest BCUT2D eigenvalue weighted by molar-refractivity contribution is 7.78. The van der Waals surface area contributed by atoms with Crippen LogP contribution in [-0.2, 0) is 0 Å². The van der Waals surface area contributed by atoms with E-state index in [0.717, 1.165) is 19.5 Å². The van der Waals surface area contributed by atoms with Crippen molar-refractivity contribution in [2.75, 3.05) is 13.1 Å². The van der Waals surface area contributed by atoms with Gasteiger partial charge in [0.05, 0.1) is 11.2 Å². The van der Waals surface area contributed by atoms with Gasteiger partial charge in [0.2, 0.25) is 0 Å². The van der Waals surface area contributed by atoms with Gasteiger partial charge in [-0.3, -0.25) is 0 Å². The van der Waals surface area contributed by atoms with Crippen molar-refractivity contribution in [3.63, 3.8) is 0 Å². The Morgan fingerprint density at radius 3 is 3.11 bits per heavy atom. The lowest BCUT2D eigenvalue weighted by molar-refractivity contribution is 0.462. The van der Waals surface area contributed by atoms with E-state index in [1.165, 1.54) is 6.42 Å². The second-order valence-electron chi connectivity index (χ2n) is 2.22. The summed E-state index contributed by atoms with van der Waals surface area (Å²) in [5.74, 6) is 0. The van der Waals surface area contributed by atoms with E-state index in [1.807, 2.05) is 0 Å². The molecule has 1 N–H and O–H groups in total. The number of hydrogen-bond acceptors (Lipinski definition) is 3. The first-order valence-electron chi connectivity index (χ1n) is 3.21. The zero-order valence-electron chi connectivity index (χ0n) is 5.26. The Balaban J connectivity index is 2.31. The number of nitrogens with zero attached hydrogens (tertiary/aromatic N) is 1.